The van der Waals surface area contributed by atoms with Crippen molar-refractivity contribution in [1.29, 1.82) is 0 Å². The van der Waals surface area contributed by atoms with E-state index in [2.05, 4.69) is 25.4 Å². The molecule has 9 heteroatoms. The standard InChI is InChI=1S/C26H29N5O4/c1-17-2-5-21(28-26(33)23-12-20(16-27-30-23)18-3-4-18)15-22(17)19-13-24(31-6-9-34-10-7-31)29-25(14-19)35-11-8-32/h2,5,12-16,18,32H,3-4,6-11H2,1H3,(H,28,33). The molecule has 2 aliphatic rings. The predicted molar refractivity (Wildman–Crippen MR) is 132 cm³/mol. The number of ether oxygens (including phenoxy) is 2. The number of aliphatic hydroxyl groups excluding tert-OH is 1. The molecule has 0 atom stereocenters. The van der Waals surface area contributed by atoms with Crippen molar-refractivity contribution >= 4 is 17.4 Å². The summed E-state index contributed by atoms with van der Waals surface area (Å²) in [4.78, 5) is 19.7. The largest absolute Gasteiger partial charge is 0.475 e. The molecule has 5 rings (SSSR count). The Kier molecular flexibility index (Phi) is 6.87. The van der Waals surface area contributed by atoms with Gasteiger partial charge in [0.2, 0.25) is 5.88 Å². The Morgan fingerprint density at radius 1 is 1.20 bits per heavy atom. The third-order valence-corrected chi connectivity index (χ3v) is 6.23. The van der Waals surface area contributed by atoms with Gasteiger partial charge in [-0.05, 0) is 72.2 Å². The first-order valence-corrected chi connectivity index (χ1v) is 11.9. The highest BCUT2D eigenvalue weighted by Crippen LogP contribution is 2.39. The third-order valence-electron chi connectivity index (χ3n) is 6.23. The predicted octanol–water partition coefficient (Wildman–Crippen LogP) is 3.18. The normalized spacial score (nSPS) is 15.7. The Morgan fingerprint density at radius 3 is 2.80 bits per heavy atom. The number of hydrogen-bond acceptors (Lipinski definition) is 8. The van der Waals surface area contributed by atoms with Crippen molar-refractivity contribution in [2.24, 2.45) is 0 Å². The summed E-state index contributed by atoms with van der Waals surface area (Å²) in [6.07, 6.45) is 4.01. The van der Waals surface area contributed by atoms with E-state index in [4.69, 9.17) is 9.47 Å². The number of benzene rings is 1. The molecule has 1 aromatic carbocycles. The Labute approximate surface area is 204 Å². The molecule has 2 aromatic heterocycles. The quantitative estimate of drug-likeness (QED) is 0.511. The summed E-state index contributed by atoms with van der Waals surface area (Å²) in [5.74, 6) is 1.45. The SMILES string of the molecule is Cc1ccc(NC(=O)c2cc(C3CC3)cnn2)cc1-c1cc(OCCO)nc(N2CCOCC2)c1. The number of aromatic nitrogens is 3. The maximum atomic E-state index is 12.9. The molecule has 1 aliphatic heterocycles. The van der Waals surface area contributed by atoms with Gasteiger partial charge in [0, 0.05) is 24.8 Å². The van der Waals surface area contributed by atoms with E-state index >= 15 is 0 Å². The maximum absolute atomic E-state index is 12.9. The van der Waals surface area contributed by atoms with Crippen molar-refractivity contribution in [2.75, 3.05) is 49.7 Å². The van der Waals surface area contributed by atoms with Gasteiger partial charge >= 0.3 is 0 Å². The van der Waals surface area contributed by atoms with E-state index in [1.807, 2.05) is 43.3 Å². The van der Waals surface area contributed by atoms with Crippen LogP contribution >= 0.6 is 0 Å². The smallest absolute Gasteiger partial charge is 0.276 e. The van der Waals surface area contributed by atoms with Gasteiger partial charge in [-0.25, -0.2) is 0 Å². The third kappa shape index (κ3) is 5.58. The second-order valence-electron chi connectivity index (χ2n) is 8.86. The zero-order valence-electron chi connectivity index (χ0n) is 19.7. The Bertz CT molecular complexity index is 1210. The molecule has 2 N–H and O–H groups in total. The van der Waals surface area contributed by atoms with E-state index in [9.17, 15) is 9.90 Å². The van der Waals surface area contributed by atoms with Crippen LogP contribution in [0.1, 0.15) is 40.4 Å². The van der Waals surface area contributed by atoms with Crippen molar-refractivity contribution in [1.82, 2.24) is 15.2 Å². The van der Waals surface area contributed by atoms with Crippen LogP contribution in [0, 0.1) is 6.92 Å². The van der Waals surface area contributed by atoms with E-state index in [0.717, 1.165) is 54.0 Å². The molecular weight excluding hydrogens is 446 g/mol. The van der Waals surface area contributed by atoms with Crippen LogP contribution in [0.3, 0.4) is 0 Å². The van der Waals surface area contributed by atoms with Crippen molar-refractivity contribution in [3.63, 3.8) is 0 Å². The average Bonchev–Trinajstić information content (AvgIpc) is 3.75. The second-order valence-corrected chi connectivity index (χ2v) is 8.86. The summed E-state index contributed by atoms with van der Waals surface area (Å²) < 4.78 is 11.2. The van der Waals surface area contributed by atoms with Crippen LogP contribution in [-0.4, -0.2) is 65.7 Å². The lowest BCUT2D eigenvalue weighted by Gasteiger charge is -2.28. The van der Waals surface area contributed by atoms with Gasteiger partial charge in [0.05, 0.1) is 26.0 Å². The van der Waals surface area contributed by atoms with Gasteiger partial charge in [0.15, 0.2) is 5.69 Å². The van der Waals surface area contributed by atoms with Crippen LogP contribution in [0.2, 0.25) is 0 Å². The monoisotopic (exact) mass is 475 g/mol. The second kappa shape index (κ2) is 10.4. The minimum atomic E-state index is -0.287. The molecule has 35 heavy (non-hydrogen) atoms. The lowest BCUT2D eigenvalue weighted by atomic mass is 10.00. The molecule has 1 saturated heterocycles. The maximum Gasteiger partial charge on any atom is 0.276 e. The molecule has 0 unspecified atom stereocenters. The van der Waals surface area contributed by atoms with Gasteiger partial charge in [-0.3, -0.25) is 4.79 Å². The molecule has 1 aliphatic carbocycles. The fourth-order valence-electron chi connectivity index (χ4n) is 4.16. The summed E-state index contributed by atoms with van der Waals surface area (Å²) >= 11 is 0. The number of rotatable bonds is 8. The number of hydrogen-bond donors (Lipinski definition) is 2. The van der Waals surface area contributed by atoms with Gasteiger partial charge < -0.3 is 24.8 Å². The number of nitrogens with zero attached hydrogens (tertiary/aromatic N) is 4. The van der Waals surface area contributed by atoms with E-state index in [-0.39, 0.29) is 19.1 Å². The van der Waals surface area contributed by atoms with Crippen LogP contribution in [-0.2, 0) is 4.74 Å². The van der Waals surface area contributed by atoms with Crippen LogP contribution in [0.5, 0.6) is 5.88 Å². The first kappa shape index (κ1) is 23.2. The zero-order chi connectivity index (χ0) is 24.2. The molecule has 0 bridgehead atoms. The minimum absolute atomic E-state index is 0.0931. The van der Waals surface area contributed by atoms with E-state index in [1.165, 1.54) is 0 Å². The highest BCUT2D eigenvalue weighted by Gasteiger charge is 2.25. The number of anilines is 2. The van der Waals surface area contributed by atoms with Crippen molar-refractivity contribution < 1.29 is 19.4 Å². The van der Waals surface area contributed by atoms with Gasteiger partial charge in [-0.15, -0.1) is 5.10 Å². The number of aliphatic hydroxyl groups is 1. The molecular formula is C26H29N5O4. The van der Waals surface area contributed by atoms with Crippen molar-refractivity contribution in [3.8, 4) is 17.0 Å². The number of carbonyl (C=O) groups excluding carboxylic acids is 1. The van der Waals surface area contributed by atoms with Crippen LogP contribution in [0.15, 0.2) is 42.6 Å². The number of morpholine rings is 1. The van der Waals surface area contributed by atoms with Crippen LogP contribution in [0.25, 0.3) is 11.1 Å². The summed E-state index contributed by atoms with van der Waals surface area (Å²) in [5.41, 5.74) is 4.96. The Morgan fingerprint density at radius 2 is 2.03 bits per heavy atom. The van der Waals surface area contributed by atoms with E-state index in [0.29, 0.717) is 36.4 Å². The fraction of sp³-hybridized carbons (Fsp3) is 0.385. The first-order valence-electron chi connectivity index (χ1n) is 11.9. The number of nitrogens with one attached hydrogen (secondary N) is 1. The molecule has 3 heterocycles. The molecule has 3 aromatic rings. The highest BCUT2D eigenvalue weighted by atomic mass is 16.5. The molecule has 9 nitrogen and oxygen atoms in total. The number of carbonyl (C=O) groups is 1. The number of aryl methyl sites for hydroxylation is 1. The summed E-state index contributed by atoms with van der Waals surface area (Å²) in [6.45, 7) is 4.86. The topological polar surface area (TPSA) is 110 Å². The molecule has 1 amide bonds. The van der Waals surface area contributed by atoms with E-state index in [1.54, 1.807) is 6.20 Å². The fourth-order valence-corrected chi connectivity index (χ4v) is 4.16. The van der Waals surface area contributed by atoms with Gasteiger partial charge in [0.25, 0.3) is 5.91 Å². The zero-order valence-corrected chi connectivity index (χ0v) is 19.7. The molecule has 0 radical (unpaired) electrons. The van der Waals surface area contributed by atoms with Crippen molar-refractivity contribution in [3.05, 3.63) is 59.4 Å². The Hall–Kier alpha value is -3.56. The van der Waals surface area contributed by atoms with Gasteiger partial charge in [-0.2, -0.15) is 10.1 Å². The van der Waals surface area contributed by atoms with Crippen LogP contribution < -0.4 is 15.0 Å². The first-order chi connectivity index (χ1) is 17.1. The Balaban J connectivity index is 1.43. The lowest BCUT2D eigenvalue weighted by molar-refractivity contribution is 0.102. The summed E-state index contributed by atoms with van der Waals surface area (Å²) in [7, 11) is 0. The lowest BCUT2D eigenvalue weighted by Crippen LogP contribution is -2.36. The van der Waals surface area contributed by atoms with Crippen LogP contribution in [0.4, 0.5) is 11.5 Å². The number of amides is 1. The van der Waals surface area contributed by atoms with Gasteiger partial charge in [-0.1, -0.05) is 6.07 Å². The highest BCUT2D eigenvalue weighted by molar-refractivity contribution is 6.03. The molecule has 0 spiro atoms. The molecule has 1 saturated carbocycles. The minimum Gasteiger partial charge on any atom is -0.475 e. The molecule has 2 fully saturated rings. The van der Waals surface area contributed by atoms with Crippen molar-refractivity contribution in [2.45, 2.75) is 25.7 Å². The molecule has 182 valence electrons. The van der Waals surface area contributed by atoms with Gasteiger partial charge in [0.1, 0.15) is 12.4 Å². The summed E-state index contributed by atoms with van der Waals surface area (Å²) in [6, 6.07) is 11.5. The summed E-state index contributed by atoms with van der Waals surface area (Å²) in [5, 5.41) is 20.2. The average molecular weight is 476 g/mol. The number of pyridine rings is 1. The van der Waals surface area contributed by atoms with E-state index < -0.39 is 0 Å².